The van der Waals surface area contributed by atoms with E-state index in [0.29, 0.717) is 6.54 Å². The van der Waals surface area contributed by atoms with Gasteiger partial charge in [0.2, 0.25) is 0 Å². The van der Waals surface area contributed by atoms with Gasteiger partial charge in [-0.2, -0.15) is 0 Å². The second-order valence-electron chi connectivity index (χ2n) is 4.96. The molecule has 98 valence electrons. The molecule has 0 spiro atoms. The lowest BCUT2D eigenvalue weighted by Gasteiger charge is -2.36. The third-order valence-corrected chi connectivity index (χ3v) is 2.64. The van der Waals surface area contributed by atoms with Crippen LogP contribution in [0, 0.1) is 0 Å². The van der Waals surface area contributed by atoms with E-state index in [9.17, 15) is 9.90 Å². The molecule has 1 heterocycles. The number of hydrogen-bond acceptors (Lipinski definition) is 5. The van der Waals surface area contributed by atoms with Gasteiger partial charge in [0.1, 0.15) is 0 Å². The van der Waals surface area contributed by atoms with E-state index in [2.05, 4.69) is 14.5 Å². The van der Waals surface area contributed by atoms with Crippen LogP contribution in [0.5, 0.6) is 0 Å². The number of nitrogens with zero attached hydrogens (tertiary/aromatic N) is 2. The molecule has 1 N–H and O–H groups in total. The number of hydrogen-bond donors (Lipinski definition) is 1. The molecule has 0 amide bonds. The van der Waals surface area contributed by atoms with Crippen molar-refractivity contribution in [3.8, 4) is 0 Å². The predicted molar refractivity (Wildman–Crippen MR) is 65.5 cm³/mol. The standard InChI is InChI=1S/C12H22N2O3/c1-12(2,16)10-14-8-6-13(7-9-14)5-4-11(15)17-3/h4-5,16H,6-10H2,1-3H3. The van der Waals surface area contributed by atoms with Gasteiger partial charge in [0.25, 0.3) is 0 Å². The van der Waals surface area contributed by atoms with Crippen molar-refractivity contribution in [3.63, 3.8) is 0 Å². The Morgan fingerprint density at radius 1 is 1.35 bits per heavy atom. The normalized spacial score (nSPS) is 18.7. The minimum atomic E-state index is -0.649. The summed E-state index contributed by atoms with van der Waals surface area (Å²) >= 11 is 0. The molecule has 0 aromatic carbocycles. The van der Waals surface area contributed by atoms with Crippen molar-refractivity contribution in [3.05, 3.63) is 12.3 Å². The first-order valence-corrected chi connectivity index (χ1v) is 5.86. The average molecular weight is 242 g/mol. The number of β-amino-alcohol motifs (C(OH)–C–C–N with tert-alkyl or cyclic N) is 1. The van der Waals surface area contributed by atoms with Crippen molar-refractivity contribution < 1.29 is 14.6 Å². The Morgan fingerprint density at radius 2 is 1.94 bits per heavy atom. The number of aliphatic hydroxyl groups is 1. The maximum atomic E-state index is 10.9. The summed E-state index contributed by atoms with van der Waals surface area (Å²) in [5, 5.41) is 9.71. The van der Waals surface area contributed by atoms with Gasteiger partial charge in [-0.05, 0) is 13.8 Å². The van der Waals surface area contributed by atoms with Crippen LogP contribution in [-0.2, 0) is 9.53 Å². The van der Waals surface area contributed by atoms with E-state index in [1.54, 1.807) is 6.20 Å². The summed E-state index contributed by atoms with van der Waals surface area (Å²) in [5.41, 5.74) is -0.649. The van der Waals surface area contributed by atoms with Crippen LogP contribution in [-0.4, -0.2) is 66.3 Å². The fraction of sp³-hybridized carbons (Fsp3) is 0.750. The fourth-order valence-electron chi connectivity index (χ4n) is 1.85. The van der Waals surface area contributed by atoms with Gasteiger partial charge in [-0.3, -0.25) is 4.90 Å². The van der Waals surface area contributed by atoms with Crippen molar-refractivity contribution in [2.75, 3.05) is 39.8 Å². The number of methoxy groups -OCH3 is 1. The first-order chi connectivity index (χ1) is 7.90. The van der Waals surface area contributed by atoms with E-state index in [0.717, 1.165) is 26.2 Å². The van der Waals surface area contributed by atoms with E-state index < -0.39 is 5.60 Å². The van der Waals surface area contributed by atoms with E-state index in [1.165, 1.54) is 13.2 Å². The van der Waals surface area contributed by atoms with Gasteiger partial charge in [0, 0.05) is 45.0 Å². The van der Waals surface area contributed by atoms with Gasteiger partial charge < -0.3 is 14.7 Å². The molecular weight excluding hydrogens is 220 g/mol. The van der Waals surface area contributed by atoms with Gasteiger partial charge >= 0.3 is 5.97 Å². The van der Waals surface area contributed by atoms with Crippen LogP contribution in [0.4, 0.5) is 0 Å². The molecule has 0 aromatic heterocycles. The molecule has 0 saturated carbocycles. The maximum absolute atomic E-state index is 10.9. The molecule has 0 atom stereocenters. The lowest BCUT2D eigenvalue weighted by Crippen LogP contribution is -2.48. The second-order valence-corrected chi connectivity index (χ2v) is 4.96. The van der Waals surface area contributed by atoms with Crippen LogP contribution in [0.3, 0.4) is 0 Å². The number of piperazine rings is 1. The maximum Gasteiger partial charge on any atom is 0.331 e. The zero-order valence-electron chi connectivity index (χ0n) is 10.8. The Hall–Kier alpha value is -1.07. The highest BCUT2D eigenvalue weighted by Crippen LogP contribution is 2.08. The molecule has 1 rings (SSSR count). The molecule has 5 nitrogen and oxygen atoms in total. The molecule has 0 aliphatic carbocycles. The number of rotatable bonds is 4. The minimum absolute atomic E-state index is 0.330. The summed E-state index contributed by atoms with van der Waals surface area (Å²) in [6, 6.07) is 0. The molecule has 0 aromatic rings. The summed E-state index contributed by atoms with van der Waals surface area (Å²) in [7, 11) is 1.37. The Bertz CT molecular complexity index is 276. The largest absolute Gasteiger partial charge is 0.466 e. The number of esters is 1. The Morgan fingerprint density at radius 3 is 2.41 bits per heavy atom. The molecule has 1 fully saturated rings. The van der Waals surface area contributed by atoms with Crippen LogP contribution in [0.2, 0.25) is 0 Å². The summed E-state index contributed by atoms with van der Waals surface area (Å²) in [4.78, 5) is 15.2. The molecule has 1 aliphatic rings. The first kappa shape index (κ1) is 14.0. The SMILES string of the molecule is COC(=O)C=CN1CCN(CC(C)(C)O)CC1. The minimum Gasteiger partial charge on any atom is -0.466 e. The Labute approximate surface area is 103 Å². The molecule has 1 aliphatic heterocycles. The summed E-state index contributed by atoms with van der Waals surface area (Å²) in [6.45, 7) is 7.84. The average Bonchev–Trinajstić information content (AvgIpc) is 2.25. The summed E-state index contributed by atoms with van der Waals surface area (Å²) in [5.74, 6) is -0.330. The highest BCUT2D eigenvalue weighted by molar-refractivity contribution is 5.81. The van der Waals surface area contributed by atoms with Crippen LogP contribution < -0.4 is 0 Å². The Balaban J connectivity index is 2.31. The van der Waals surface area contributed by atoms with E-state index in [4.69, 9.17) is 0 Å². The predicted octanol–water partition coefficient (Wildman–Crippen LogP) is 0.0616. The van der Waals surface area contributed by atoms with Crippen LogP contribution in [0.1, 0.15) is 13.8 Å². The van der Waals surface area contributed by atoms with Crippen molar-refractivity contribution in [1.82, 2.24) is 9.80 Å². The van der Waals surface area contributed by atoms with Crippen LogP contribution in [0.25, 0.3) is 0 Å². The van der Waals surface area contributed by atoms with Crippen molar-refractivity contribution in [1.29, 1.82) is 0 Å². The number of ether oxygens (including phenoxy) is 1. The highest BCUT2D eigenvalue weighted by Gasteiger charge is 2.21. The molecular formula is C12H22N2O3. The van der Waals surface area contributed by atoms with E-state index in [-0.39, 0.29) is 5.97 Å². The molecule has 1 saturated heterocycles. The number of carbonyl (C=O) groups excluding carboxylic acids is 1. The highest BCUT2D eigenvalue weighted by atomic mass is 16.5. The molecule has 5 heteroatoms. The van der Waals surface area contributed by atoms with Gasteiger partial charge in [0.05, 0.1) is 12.7 Å². The monoisotopic (exact) mass is 242 g/mol. The Kier molecular flexibility index (Phi) is 4.96. The zero-order valence-corrected chi connectivity index (χ0v) is 10.8. The molecule has 17 heavy (non-hydrogen) atoms. The molecule has 0 unspecified atom stereocenters. The second kappa shape index (κ2) is 6.02. The third kappa shape index (κ3) is 5.70. The summed E-state index contributed by atoms with van der Waals surface area (Å²) in [6.07, 6.45) is 3.21. The molecule has 0 radical (unpaired) electrons. The fourth-order valence-corrected chi connectivity index (χ4v) is 1.85. The lowest BCUT2D eigenvalue weighted by atomic mass is 10.1. The lowest BCUT2D eigenvalue weighted by molar-refractivity contribution is -0.134. The molecule has 0 bridgehead atoms. The van der Waals surface area contributed by atoms with Crippen molar-refractivity contribution in [2.45, 2.75) is 19.4 Å². The smallest absolute Gasteiger partial charge is 0.331 e. The quantitative estimate of drug-likeness (QED) is 0.558. The van der Waals surface area contributed by atoms with Gasteiger partial charge in [-0.15, -0.1) is 0 Å². The summed E-state index contributed by atoms with van der Waals surface area (Å²) < 4.78 is 4.53. The van der Waals surface area contributed by atoms with E-state index in [1.807, 2.05) is 13.8 Å². The van der Waals surface area contributed by atoms with Crippen LogP contribution >= 0.6 is 0 Å². The van der Waals surface area contributed by atoms with Crippen molar-refractivity contribution in [2.24, 2.45) is 0 Å². The first-order valence-electron chi connectivity index (χ1n) is 5.86. The van der Waals surface area contributed by atoms with Gasteiger partial charge in [0.15, 0.2) is 0 Å². The zero-order chi connectivity index (χ0) is 12.9. The van der Waals surface area contributed by atoms with Crippen LogP contribution in [0.15, 0.2) is 12.3 Å². The van der Waals surface area contributed by atoms with Crippen molar-refractivity contribution >= 4 is 5.97 Å². The van der Waals surface area contributed by atoms with E-state index >= 15 is 0 Å². The number of carbonyl (C=O) groups is 1. The van der Waals surface area contributed by atoms with Gasteiger partial charge in [-0.25, -0.2) is 4.79 Å². The third-order valence-electron chi connectivity index (χ3n) is 2.64. The topological polar surface area (TPSA) is 53.0 Å². The van der Waals surface area contributed by atoms with Gasteiger partial charge in [-0.1, -0.05) is 0 Å².